The Labute approximate surface area is 139 Å². The summed E-state index contributed by atoms with van der Waals surface area (Å²) in [5.41, 5.74) is 0.720. The van der Waals surface area contributed by atoms with Gasteiger partial charge >= 0.3 is 5.97 Å². The molecule has 0 fully saturated rings. The van der Waals surface area contributed by atoms with Crippen LogP contribution in [0.5, 0.6) is 0 Å². The normalized spacial score (nSPS) is 11.8. The maximum atomic E-state index is 12.4. The van der Waals surface area contributed by atoms with E-state index in [1.807, 2.05) is 36.0 Å². The molecule has 1 unspecified atom stereocenters. The Balaban J connectivity index is 2.10. The summed E-state index contributed by atoms with van der Waals surface area (Å²) in [4.78, 5) is 30.1. The highest BCUT2D eigenvalue weighted by molar-refractivity contribution is 7.99. The summed E-state index contributed by atoms with van der Waals surface area (Å²) in [6.45, 7) is 0. The predicted octanol–water partition coefficient (Wildman–Crippen LogP) is 1.88. The van der Waals surface area contributed by atoms with E-state index in [0.29, 0.717) is 0 Å². The molecule has 0 aliphatic rings. The van der Waals surface area contributed by atoms with Gasteiger partial charge in [-0.3, -0.25) is 4.79 Å². The zero-order valence-electron chi connectivity index (χ0n) is 13.3. The van der Waals surface area contributed by atoms with Gasteiger partial charge in [-0.25, -0.2) is 9.78 Å². The number of rotatable bonds is 6. The number of carbonyl (C=O) groups excluding carboxylic acids is 2. The smallest absolute Gasteiger partial charge is 0.333 e. The number of methoxy groups -OCH3 is 1. The Bertz CT molecular complexity index is 672. The van der Waals surface area contributed by atoms with E-state index in [4.69, 9.17) is 4.74 Å². The molecule has 1 heterocycles. The summed E-state index contributed by atoms with van der Waals surface area (Å²) in [6, 6.07) is 8.36. The lowest BCUT2D eigenvalue weighted by Crippen LogP contribution is -2.37. The van der Waals surface area contributed by atoms with Gasteiger partial charge in [0.15, 0.2) is 11.2 Å². The first-order chi connectivity index (χ1) is 11.0. The monoisotopic (exact) mass is 333 g/mol. The molecule has 2 aromatic rings. The number of amides is 1. The lowest BCUT2D eigenvalue weighted by Gasteiger charge is -2.26. The summed E-state index contributed by atoms with van der Waals surface area (Å²) in [5.74, 6) is -0.437. The lowest BCUT2D eigenvalue weighted by molar-refractivity contribution is -0.151. The van der Waals surface area contributed by atoms with Gasteiger partial charge in [0.25, 0.3) is 0 Å². The van der Waals surface area contributed by atoms with Crippen molar-refractivity contribution >= 4 is 23.6 Å². The molecule has 2 rings (SSSR count). The van der Waals surface area contributed by atoms with Crippen LogP contribution < -0.4 is 0 Å². The number of hydrogen-bond acceptors (Lipinski definition) is 5. The SMILES string of the molecule is COC(=O)C(c1ccccc1)N(C)C(=O)CSc1nccn1C. The molecule has 0 spiro atoms. The molecule has 0 aliphatic heterocycles. The highest BCUT2D eigenvalue weighted by atomic mass is 32.2. The number of thioether (sulfide) groups is 1. The van der Waals surface area contributed by atoms with Gasteiger partial charge in [-0.05, 0) is 5.56 Å². The fourth-order valence-corrected chi connectivity index (χ4v) is 2.98. The van der Waals surface area contributed by atoms with Crippen LogP contribution in [-0.2, 0) is 21.4 Å². The Kier molecular flexibility index (Phi) is 5.81. The molecule has 1 atom stereocenters. The van der Waals surface area contributed by atoms with Gasteiger partial charge in [0.1, 0.15) is 0 Å². The van der Waals surface area contributed by atoms with Gasteiger partial charge in [0.2, 0.25) is 5.91 Å². The van der Waals surface area contributed by atoms with Crippen LogP contribution in [0.3, 0.4) is 0 Å². The summed E-state index contributed by atoms with van der Waals surface area (Å²) in [7, 11) is 4.79. The zero-order valence-corrected chi connectivity index (χ0v) is 14.1. The van der Waals surface area contributed by atoms with Crippen molar-refractivity contribution in [3.05, 3.63) is 48.3 Å². The van der Waals surface area contributed by atoms with E-state index in [1.165, 1.54) is 23.8 Å². The maximum Gasteiger partial charge on any atom is 0.333 e. The van der Waals surface area contributed by atoms with Crippen molar-refractivity contribution < 1.29 is 14.3 Å². The molecule has 1 aromatic heterocycles. The summed E-state index contributed by atoms with van der Waals surface area (Å²) < 4.78 is 6.69. The molecule has 0 aliphatic carbocycles. The van der Waals surface area contributed by atoms with Crippen LogP contribution in [0.15, 0.2) is 47.9 Å². The van der Waals surface area contributed by atoms with Crippen molar-refractivity contribution in [3.63, 3.8) is 0 Å². The number of benzene rings is 1. The second-order valence-corrected chi connectivity index (χ2v) is 5.89. The van der Waals surface area contributed by atoms with Gasteiger partial charge in [-0.2, -0.15) is 0 Å². The minimum atomic E-state index is -0.754. The van der Waals surface area contributed by atoms with Crippen molar-refractivity contribution in [2.75, 3.05) is 19.9 Å². The number of carbonyl (C=O) groups is 2. The van der Waals surface area contributed by atoms with E-state index >= 15 is 0 Å². The summed E-state index contributed by atoms with van der Waals surface area (Å²) in [6.07, 6.45) is 3.50. The second kappa shape index (κ2) is 7.82. The first-order valence-electron chi connectivity index (χ1n) is 7.03. The van der Waals surface area contributed by atoms with Crippen LogP contribution in [0, 0.1) is 0 Å². The average Bonchev–Trinajstić information content (AvgIpc) is 2.98. The topological polar surface area (TPSA) is 64.4 Å². The van der Waals surface area contributed by atoms with Crippen LogP contribution in [0.2, 0.25) is 0 Å². The number of aromatic nitrogens is 2. The Hall–Kier alpha value is -2.28. The predicted molar refractivity (Wildman–Crippen MR) is 87.9 cm³/mol. The fraction of sp³-hybridized carbons (Fsp3) is 0.312. The van der Waals surface area contributed by atoms with Crippen molar-refractivity contribution in [1.29, 1.82) is 0 Å². The lowest BCUT2D eigenvalue weighted by atomic mass is 10.1. The van der Waals surface area contributed by atoms with Crippen molar-refractivity contribution in [3.8, 4) is 0 Å². The summed E-state index contributed by atoms with van der Waals surface area (Å²) in [5, 5.41) is 0.751. The van der Waals surface area contributed by atoms with Crippen molar-refractivity contribution in [1.82, 2.24) is 14.5 Å². The Morgan fingerprint density at radius 1 is 1.35 bits per heavy atom. The van der Waals surface area contributed by atoms with E-state index in [9.17, 15) is 9.59 Å². The molecular weight excluding hydrogens is 314 g/mol. The van der Waals surface area contributed by atoms with Crippen molar-refractivity contribution in [2.45, 2.75) is 11.2 Å². The zero-order chi connectivity index (χ0) is 16.8. The quantitative estimate of drug-likeness (QED) is 0.597. The van der Waals surface area contributed by atoms with E-state index < -0.39 is 12.0 Å². The number of hydrogen-bond donors (Lipinski definition) is 0. The number of imidazole rings is 1. The third-order valence-corrected chi connectivity index (χ3v) is 4.47. The minimum Gasteiger partial charge on any atom is -0.467 e. The van der Waals surface area contributed by atoms with E-state index in [2.05, 4.69) is 4.98 Å². The number of esters is 1. The molecule has 0 radical (unpaired) electrons. The second-order valence-electron chi connectivity index (χ2n) is 4.95. The van der Waals surface area contributed by atoms with Crippen molar-refractivity contribution in [2.24, 2.45) is 7.05 Å². The summed E-state index contributed by atoms with van der Waals surface area (Å²) >= 11 is 1.33. The van der Waals surface area contributed by atoms with Crippen LogP contribution in [0.25, 0.3) is 0 Å². The van der Waals surface area contributed by atoms with Gasteiger partial charge < -0.3 is 14.2 Å². The molecule has 0 saturated heterocycles. The van der Waals surface area contributed by atoms with Crippen LogP contribution in [0.1, 0.15) is 11.6 Å². The molecule has 0 N–H and O–H groups in total. The number of nitrogens with zero attached hydrogens (tertiary/aromatic N) is 3. The highest BCUT2D eigenvalue weighted by Gasteiger charge is 2.29. The first kappa shape index (κ1) is 17.1. The number of likely N-dealkylation sites (N-methyl/N-ethyl adjacent to an activating group) is 1. The number of ether oxygens (including phenoxy) is 1. The van der Waals surface area contributed by atoms with E-state index in [1.54, 1.807) is 25.4 Å². The molecule has 1 amide bonds. The van der Waals surface area contributed by atoms with Crippen LogP contribution in [-0.4, -0.2) is 46.2 Å². The standard InChI is InChI=1S/C16H19N3O3S/c1-18-10-9-17-16(18)23-11-13(20)19(2)14(15(21)22-3)12-7-5-4-6-8-12/h4-10,14H,11H2,1-3H3. The molecule has 122 valence electrons. The molecule has 0 bridgehead atoms. The third kappa shape index (κ3) is 4.13. The van der Waals surface area contributed by atoms with E-state index in [-0.39, 0.29) is 11.7 Å². The largest absolute Gasteiger partial charge is 0.467 e. The fourth-order valence-electron chi connectivity index (χ4n) is 2.13. The minimum absolute atomic E-state index is 0.169. The first-order valence-corrected chi connectivity index (χ1v) is 8.01. The molecule has 23 heavy (non-hydrogen) atoms. The third-order valence-electron chi connectivity index (χ3n) is 3.42. The molecule has 7 heteroatoms. The Morgan fingerprint density at radius 3 is 2.61 bits per heavy atom. The van der Waals surface area contributed by atoms with Gasteiger partial charge in [0, 0.05) is 26.5 Å². The van der Waals surface area contributed by atoms with Gasteiger partial charge in [-0.1, -0.05) is 42.1 Å². The van der Waals surface area contributed by atoms with Gasteiger partial charge in [-0.15, -0.1) is 0 Å². The van der Waals surface area contributed by atoms with Crippen LogP contribution in [0.4, 0.5) is 0 Å². The molecular formula is C16H19N3O3S. The van der Waals surface area contributed by atoms with E-state index in [0.717, 1.165) is 10.7 Å². The molecule has 1 aromatic carbocycles. The number of aryl methyl sites for hydroxylation is 1. The highest BCUT2D eigenvalue weighted by Crippen LogP contribution is 2.23. The molecule has 6 nitrogen and oxygen atoms in total. The van der Waals surface area contributed by atoms with Gasteiger partial charge in [0.05, 0.1) is 12.9 Å². The Morgan fingerprint density at radius 2 is 2.04 bits per heavy atom. The van der Waals surface area contributed by atoms with Crippen LogP contribution >= 0.6 is 11.8 Å². The maximum absolute atomic E-state index is 12.4. The average molecular weight is 333 g/mol. The molecule has 0 saturated carbocycles.